The fourth-order valence-electron chi connectivity index (χ4n) is 2.71. The first kappa shape index (κ1) is 14.0. The van der Waals surface area contributed by atoms with Crippen molar-refractivity contribution in [2.24, 2.45) is 11.3 Å². The molecule has 4 heteroatoms. The second kappa shape index (κ2) is 5.70. The largest absolute Gasteiger partial charge is 0.481 e. The molecule has 1 aromatic rings. The number of likely N-dealkylation sites (tertiary alicyclic amines) is 1. The van der Waals surface area contributed by atoms with Gasteiger partial charge in [-0.2, -0.15) is 0 Å². The van der Waals surface area contributed by atoms with Gasteiger partial charge in [-0.3, -0.25) is 14.7 Å². The molecular weight excluding hydrogens is 240 g/mol. The summed E-state index contributed by atoms with van der Waals surface area (Å²) in [5, 5.41) is 9.34. The van der Waals surface area contributed by atoms with Crippen molar-refractivity contribution in [3.05, 3.63) is 30.1 Å². The molecule has 2 heterocycles. The number of carboxylic acid groups (broad SMARTS) is 1. The van der Waals surface area contributed by atoms with Crippen LogP contribution < -0.4 is 0 Å². The first-order valence-corrected chi connectivity index (χ1v) is 6.85. The molecule has 1 fully saturated rings. The van der Waals surface area contributed by atoms with E-state index in [4.69, 9.17) is 0 Å². The normalized spacial score (nSPS) is 21.3. The second-order valence-electron chi connectivity index (χ2n) is 5.96. The summed E-state index contributed by atoms with van der Waals surface area (Å²) < 4.78 is 0. The third-order valence-electron chi connectivity index (χ3n) is 4.21. The summed E-state index contributed by atoms with van der Waals surface area (Å²) in [6.07, 6.45) is 5.73. The summed E-state index contributed by atoms with van der Waals surface area (Å²) in [5.74, 6) is -0.476. The maximum Gasteiger partial charge on any atom is 0.309 e. The SMILES string of the molecule is CC(C)(C(=O)O)C1CCCN(Cc2cccnc2)C1. The molecule has 1 aliphatic heterocycles. The average Bonchev–Trinajstić information content (AvgIpc) is 2.40. The summed E-state index contributed by atoms with van der Waals surface area (Å²) in [6.45, 7) is 6.44. The quantitative estimate of drug-likeness (QED) is 0.905. The van der Waals surface area contributed by atoms with Gasteiger partial charge in [-0.05, 0) is 50.8 Å². The predicted molar refractivity (Wildman–Crippen MR) is 73.7 cm³/mol. The summed E-state index contributed by atoms with van der Waals surface area (Å²) >= 11 is 0. The molecule has 1 aliphatic rings. The molecule has 19 heavy (non-hydrogen) atoms. The van der Waals surface area contributed by atoms with Crippen LogP contribution in [0.2, 0.25) is 0 Å². The lowest BCUT2D eigenvalue weighted by molar-refractivity contribution is -0.151. The van der Waals surface area contributed by atoms with Crippen molar-refractivity contribution < 1.29 is 9.90 Å². The van der Waals surface area contributed by atoms with E-state index in [-0.39, 0.29) is 5.92 Å². The number of nitrogens with zero attached hydrogens (tertiary/aromatic N) is 2. The maximum absolute atomic E-state index is 11.4. The Morgan fingerprint density at radius 3 is 3.00 bits per heavy atom. The molecule has 0 aromatic carbocycles. The van der Waals surface area contributed by atoms with Crippen LogP contribution >= 0.6 is 0 Å². The molecule has 104 valence electrons. The van der Waals surface area contributed by atoms with Crippen molar-refractivity contribution >= 4 is 5.97 Å². The summed E-state index contributed by atoms with van der Waals surface area (Å²) in [5.41, 5.74) is 0.546. The van der Waals surface area contributed by atoms with Crippen LogP contribution in [0.5, 0.6) is 0 Å². The fraction of sp³-hybridized carbons (Fsp3) is 0.600. The topological polar surface area (TPSA) is 53.4 Å². The number of hydrogen-bond acceptors (Lipinski definition) is 3. The monoisotopic (exact) mass is 262 g/mol. The van der Waals surface area contributed by atoms with E-state index in [2.05, 4.69) is 16.0 Å². The van der Waals surface area contributed by atoms with Gasteiger partial charge < -0.3 is 5.11 Å². The predicted octanol–water partition coefficient (Wildman–Crippen LogP) is 2.40. The van der Waals surface area contributed by atoms with Crippen LogP contribution in [-0.2, 0) is 11.3 Å². The maximum atomic E-state index is 11.4. The van der Waals surface area contributed by atoms with Crippen LogP contribution in [0.4, 0.5) is 0 Å². The van der Waals surface area contributed by atoms with Gasteiger partial charge in [0.05, 0.1) is 5.41 Å². The first-order valence-electron chi connectivity index (χ1n) is 6.85. The van der Waals surface area contributed by atoms with E-state index in [0.29, 0.717) is 0 Å². The molecular formula is C15H22N2O2. The van der Waals surface area contributed by atoms with E-state index in [0.717, 1.165) is 32.5 Å². The lowest BCUT2D eigenvalue weighted by atomic mass is 9.74. The van der Waals surface area contributed by atoms with Gasteiger partial charge in [0, 0.05) is 25.5 Å². The Labute approximate surface area is 114 Å². The number of piperidine rings is 1. The van der Waals surface area contributed by atoms with Crippen LogP contribution in [0.15, 0.2) is 24.5 Å². The molecule has 0 bridgehead atoms. The van der Waals surface area contributed by atoms with Gasteiger partial charge in [0.15, 0.2) is 0 Å². The van der Waals surface area contributed by atoms with E-state index in [9.17, 15) is 9.90 Å². The minimum Gasteiger partial charge on any atom is -0.481 e. The van der Waals surface area contributed by atoms with Gasteiger partial charge in [0.25, 0.3) is 0 Å². The highest BCUT2D eigenvalue weighted by atomic mass is 16.4. The number of aliphatic carboxylic acids is 1. The minimum absolute atomic E-state index is 0.218. The Bertz CT molecular complexity index is 431. The first-order chi connectivity index (χ1) is 9.00. The molecule has 2 rings (SSSR count). The highest BCUT2D eigenvalue weighted by molar-refractivity contribution is 5.74. The van der Waals surface area contributed by atoms with E-state index in [1.807, 2.05) is 26.1 Å². The third-order valence-corrected chi connectivity index (χ3v) is 4.21. The standard InChI is InChI=1S/C15H22N2O2/c1-15(2,14(18)19)13-6-4-8-17(11-13)10-12-5-3-7-16-9-12/h3,5,7,9,13H,4,6,8,10-11H2,1-2H3,(H,18,19). The van der Waals surface area contributed by atoms with Crippen molar-refractivity contribution in [2.45, 2.75) is 33.2 Å². The van der Waals surface area contributed by atoms with Crippen molar-refractivity contribution in [3.8, 4) is 0 Å². The number of pyridine rings is 1. The highest BCUT2D eigenvalue weighted by Gasteiger charge is 2.38. The number of rotatable bonds is 4. The summed E-state index contributed by atoms with van der Waals surface area (Å²) in [4.78, 5) is 17.8. The van der Waals surface area contributed by atoms with Crippen LogP contribution in [0.3, 0.4) is 0 Å². The summed E-state index contributed by atoms with van der Waals surface area (Å²) in [6, 6.07) is 4.01. The Morgan fingerprint density at radius 2 is 2.37 bits per heavy atom. The minimum atomic E-state index is -0.694. The Kier molecular flexibility index (Phi) is 4.20. The zero-order valence-corrected chi connectivity index (χ0v) is 11.7. The van der Waals surface area contributed by atoms with Gasteiger partial charge >= 0.3 is 5.97 Å². The molecule has 0 saturated carbocycles. The van der Waals surface area contributed by atoms with Crippen LogP contribution in [0.25, 0.3) is 0 Å². The highest BCUT2D eigenvalue weighted by Crippen LogP contribution is 2.34. The molecule has 0 amide bonds. The number of hydrogen-bond donors (Lipinski definition) is 1. The molecule has 1 N–H and O–H groups in total. The Hall–Kier alpha value is -1.42. The lowest BCUT2D eigenvalue weighted by Gasteiger charge is -2.39. The van der Waals surface area contributed by atoms with E-state index < -0.39 is 11.4 Å². The smallest absolute Gasteiger partial charge is 0.309 e. The number of carboxylic acids is 1. The third kappa shape index (κ3) is 3.32. The molecule has 1 unspecified atom stereocenters. The Balaban J connectivity index is 2.00. The fourth-order valence-corrected chi connectivity index (χ4v) is 2.71. The molecule has 0 spiro atoms. The van der Waals surface area contributed by atoms with Gasteiger partial charge in [0.1, 0.15) is 0 Å². The molecule has 1 aromatic heterocycles. The zero-order valence-electron chi connectivity index (χ0n) is 11.7. The Morgan fingerprint density at radius 1 is 1.58 bits per heavy atom. The second-order valence-corrected chi connectivity index (χ2v) is 5.96. The summed E-state index contributed by atoms with van der Waals surface area (Å²) in [7, 11) is 0. The van der Waals surface area contributed by atoms with E-state index in [1.165, 1.54) is 5.56 Å². The van der Waals surface area contributed by atoms with Crippen molar-refractivity contribution in [2.75, 3.05) is 13.1 Å². The molecule has 0 radical (unpaired) electrons. The van der Waals surface area contributed by atoms with Crippen molar-refractivity contribution in [1.29, 1.82) is 0 Å². The number of carbonyl (C=O) groups is 1. The van der Waals surface area contributed by atoms with E-state index in [1.54, 1.807) is 6.20 Å². The molecule has 4 nitrogen and oxygen atoms in total. The number of aromatic nitrogens is 1. The van der Waals surface area contributed by atoms with Crippen molar-refractivity contribution in [3.63, 3.8) is 0 Å². The van der Waals surface area contributed by atoms with Crippen molar-refractivity contribution in [1.82, 2.24) is 9.88 Å². The van der Waals surface area contributed by atoms with Crippen LogP contribution in [0, 0.1) is 11.3 Å². The van der Waals surface area contributed by atoms with Gasteiger partial charge in [-0.15, -0.1) is 0 Å². The van der Waals surface area contributed by atoms with E-state index >= 15 is 0 Å². The molecule has 1 atom stereocenters. The van der Waals surface area contributed by atoms with Gasteiger partial charge in [0.2, 0.25) is 0 Å². The lowest BCUT2D eigenvalue weighted by Crippen LogP contribution is -2.44. The zero-order chi connectivity index (χ0) is 13.9. The molecule has 1 saturated heterocycles. The molecule has 0 aliphatic carbocycles. The van der Waals surface area contributed by atoms with Gasteiger partial charge in [-0.25, -0.2) is 0 Å². The average molecular weight is 262 g/mol. The van der Waals surface area contributed by atoms with Gasteiger partial charge in [-0.1, -0.05) is 6.07 Å². The van der Waals surface area contributed by atoms with Crippen LogP contribution in [-0.4, -0.2) is 34.0 Å². The van der Waals surface area contributed by atoms with Crippen LogP contribution in [0.1, 0.15) is 32.3 Å².